The maximum atomic E-state index is 11.8. The second-order valence-electron chi connectivity index (χ2n) is 3.70. The van der Waals surface area contributed by atoms with Crippen molar-refractivity contribution >= 4 is 23.5 Å². The van der Waals surface area contributed by atoms with E-state index >= 15 is 0 Å². The van der Waals surface area contributed by atoms with Gasteiger partial charge in [-0.25, -0.2) is 0 Å². The molecule has 0 amide bonds. The average Bonchev–Trinajstić information content (AvgIpc) is 2.83. The van der Waals surface area contributed by atoms with Crippen molar-refractivity contribution in [1.82, 2.24) is 4.98 Å². The number of hydrogen-bond donors (Lipinski definition) is 1. The lowest BCUT2D eigenvalue weighted by atomic mass is 10.1. The van der Waals surface area contributed by atoms with Gasteiger partial charge in [0.1, 0.15) is 5.75 Å². The molecule has 2 rings (SSSR count). The molecule has 4 heteroatoms. The second-order valence-corrected chi connectivity index (χ2v) is 4.14. The second kappa shape index (κ2) is 5.56. The SMILES string of the molecule is COc1ccc(/C=C/C(=O)c2cc(Cl)c[nH]2)cc1. The molecule has 0 aliphatic rings. The van der Waals surface area contributed by atoms with Gasteiger partial charge in [0.15, 0.2) is 0 Å². The highest BCUT2D eigenvalue weighted by Crippen LogP contribution is 2.14. The number of hydrogen-bond acceptors (Lipinski definition) is 2. The van der Waals surface area contributed by atoms with Crippen molar-refractivity contribution in [3.63, 3.8) is 0 Å². The van der Waals surface area contributed by atoms with Crippen molar-refractivity contribution in [2.24, 2.45) is 0 Å². The van der Waals surface area contributed by atoms with Crippen LogP contribution in [0.25, 0.3) is 6.08 Å². The molecule has 0 radical (unpaired) electrons. The summed E-state index contributed by atoms with van der Waals surface area (Å²) < 4.78 is 5.06. The first-order valence-corrected chi connectivity index (χ1v) is 5.77. The van der Waals surface area contributed by atoms with Crippen molar-refractivity contribution in [2.75, 3.05) is 7.11 Å². The van der Waals surface area contributed by atoms with Crippen molar-refractivity contribution in [3.05, 3.63) is 58.9 Å². The van der Waals surface area contributed by atoms with E-state index in [1.165, 1.54) is 6.08 Å². The molecule has 1 aromatic carbocycles. The third-order valence-corrected chi connectivity index (χ3v) is 2.67. The molecule has 1 N–H and O–H groups in total. The predicted molar refractivity (Wildman–Crippen MR) is 72.2 cm³/mol. The number of benzene rings is 1. The minimum atomic E-state index is -0.113. The van der Waals surface area contributed by atoms with E-state index in [0.29, 0.717) is 10.7 Å². The van der Waals surface area contributed by atoms with Crippen LogP contribution in [0.15, 0.2) is 42.6 Å². The van der Waals surface area contributed by atoms with Gasteiger partial charge in [0.05, 0.1) is 17.8 Å². The molecule has 0 spiro atoms. The molecule has 0 aliphatic heterocycles. The van der Waals surface area contributed by atoms with E-state index in [4.69, 9.17) is 16.3 Å². The van der Waals surface area contributed by atoms with Crippen LogP contribution >= 0.6 is 11.6 Å². The zero-order valence-electron chi connectivity index (χ0n) is 9.81. The number of allylic oxidation sites excluding steroid dienone is 1. The molecular formula is C14H12ClNO2. The normalized spacial score (nSPS) is 10.8. The van der Waals surface area contributed by atoms with Crippen molar-refractivity contribution in [1.29, 1.82) is 0 Å². The maximum Gasteiger partial charge on any atom is 0.202 e. The van der Waals surface area contributed by atoms with Crippen LogP contribution in [0.1, 0.15) is 16.1 Å². The van der Waals surface area contributed by atoms with Gasteiger partial charge >= 0.3 is 0 Å². The highest BCUT2D eigenvalue weighted by atomic mass is 35.5. The van der Waals surface area contributed by atoms with Crippen LogP contribution in [0.3, 0.4) is 0 Å². The van der Waals surface area contributed by atoms with Crippen LogP contribution in [-0.2, 0) is 0 Å². The van der Waals surface area contributed by atoms with E-state index in [9.17, 15) is 4.79 Å². The Morgan fingerprint density at radius 1 is 1.33 bits per heavy atom. The van der Waals surface area contributed by atoms with E-state index < -0.39 is 0 Å². The average molecular weight is 262 g/mol. The molecule has 0 atom stereocenters. The first-order valence-electron chi connectivity index (χ1n) is 5.39. The van der Waals surface area contributed by atoms with Gasteiger partial charge in [-0.3, -0.25) is 4.79 Å². The third kappa shape index (κ3) is 3.02. The quantitative estimate of drug-likeness (QED) is 0.675. The van der Waals surface area contributed by atoms with Crippen LogP contribution in [0.5, 0.6) is 5.75 Å². The summed E-state index contributed by atoms with van der Waals surface area (Å²) in [6.45, 7) is 0. The zero-order chi connectivity index (χ0) is 13.0. The number of aromatic amines is 1. The van der Waals surface area contributed by atoms with Crippen molar-refractivity contribution in [3.8, 4) is 5.75 Å². The molecule has 0 fully saturated rings. The molecule has 18 heavy (non-hydrogen) atoms. The number of aromatic nitrogens is 1. The number of carbonyl (C=O) groups excluding carboxylic acids is 1. The number of methoxy groups -OCH3 is 1. The standard InChI is InChI=1S/C14H12ClNO2/c1-18-12-5-2-10(3-6-12)4-7-14(17)13-8-11(15)9-16-13/h2-9,16H,1H3/b7-4+. The fourth-order valence-electron chi connectivity index (χ4n) is 1.49. The summed E-state index contributed by atoms with van der Waals surface area (Å²) in [6, 6.07) is 9.04. The van der Waals surface area contributed by atoms with Crippen LogP contribution in [0.4, 0.5) is 0 Å². The van der Waals surface area contributed by atoms with Crippen molar-refractivity contribution < 1.29 is 9.53 Å². The minimum Gasteiger partial charge on any atom is -0.497 e. The Morgan fingerprint density at radius 2 is 2.06 bits per heavy atom. The Morgan fingerprint density at radius 3 is 2.61 bits per heavy atom. The molecule has 0 saturated heterocycles. The Kier molecular flexibility index (Phi) is 3.85. The molecule has 92 valence electrons. The monoisotopic (exact) mass is 261 g/mol. The number of H-pyrrole nitrogens is 1. The fourth-order valence-corrected chi connectivity index (χ4v) is 1.65. The van der Waals surface area contributed by atoms with E-state index in [1.54, 1.807) is 25.4 Å². The molecule has 0 aliphatic carbocycles. The van der Waals surface area contributed by atoms with Gasteiger partial charge in [0.2, 0.25) is 5.78 Å². The summed E-state index contributed by atoms with van der Waals surface area (Å²) in [4.78, 5) is 14.6. The maximum absolute atomic E-state index is 11.8. The van der Waals surface area contributed by atoms with Gasteiger partial charge in [-0.05, 0) is 29.8 Å². The fraction of sp³-hybridized carbons (Fsp3) is 0.0714. The Hall–Kier alpha value is -2.00. The topological polar surface area (TPSA) is 42.1 Å². The lowest BCUT2D eigenvalue weighted by Crippen LogP contribution is -1.93. The Balaban J connectivity index is 2.08. The summed E-state index contributed by atoms with van der Waals surface area (Å²) >= 11 is 5.73. The van der Waals surface area contributed by atoms with Crippen molar-refractivity contribution in [2.45, 2.75) is 0 Å². The molecule has 0 unspecified atom stereocenters. The lowest BCUT2D eigenvalue weighted by molar-refractivity contribution is 0.104. The Labute approximate surface area is 110 Å². The number of rotatable bonds is 4. The van der Waals surface area contributed by atoms with E-state index in [1.807, 2.05) is 24.3 Å². The molecule has 3 nitrogen and oxygen atoms in total. The first-order chi connectivity index (χ1) is 8.69. The van der Waals surface area contributed by atoms with E-state index in [-0.39, 0.29) is 5.78 Å². The summed E-state index contributed by atoms with van der Waals surface area (Å²) in [5.41, 5.74) is 1.41. The van der Waals surface area contributed by atoms with E-state index in [0.717, 1.165) is 11.3 Å². The summed E-state index contributed by atoms with van der Waals surface area (Å²) in [7, 11) is 1.61. The lowest BCUT2D eigenvalue weighted by Gasteiger charge is -1.98. The summed E-state index contributed by atoms with van der Waals surface area (Å²) in [5, 5.41) is 0.524. The summed E-state index contributed by atoms with van der Waals surface area (Å²) in [6.07, 6.45) is 4.83. The number of ether oxygens (including phenoxy) is 1. The molecular weight excluding hydrogens is 250 g/mol. The smallest absolute Gasteiger partial charge is 0.202 e. The van der Waals surface area contributed by atoms with Crippen LogP contribution in [-0.4, -0.2) is 17.9 Å². The molecule has 0 bridgehead atoms. The molecule has 1 heterocycles. The minimum absolute atomic E-state index is 0.113. The van der Waals surface area contributed by atoms with Gasteiger partial charge in [-0.2, -0.15) is 0 Å². The van der Waals surface area contributed by atoms with Crippen LogP contribution in [0.2, 0.25) is 5.02 Å². The van der Waals surface area contributed by atoms with Crippen LogP contribution < -0.4 is 4.74 Å². The van der Waals surface area contributed by atoms with Gasteiger partial charge in [0.25, 0.3) is 0 Å². The highest BCUT2D eigenvalue weighted by Gasteiger charge is 2.03. The number of carbonyl (C=O) groups is 1. The number of halogens is 1. The van der Waals surface area contributed by atoms with Gasteiger partial charge in [0, 0.05) is 6.20 Å². The molecule has 1 aromatic heterocycles. The van der Waals surface area contributed by atoms with Gasteiger partial charge in [-0.1, -0.05) is 29.8 Å². The first kappa shape index (κ1) is 12.5. The highest BCUT2D eigenvalue weighted by molar-refractivity contribution is 6.31. The predicted octanol–water partition coefficient (Wildman–Crippen LogP) is 3.57. The Bertz CT molecular complexity index is 570. The zero-order valence-corrected chi connectivity index (χ0v) is 10.6. The molecule has 0 saturated carbocycles. The van der Waals surface area contributed by atoms with Gasteiger partial charge in [-0.15, -0.1) is 0 Å². The van der Waals surface area contributed by atoms with E-state index in [2.05, 4.69) is 4.98 Å². The number of ketones is 1. The third-order valence-electron chi connectivity index (χ3n) is 2.46. The summed E-state index contributed by atoms with van der Waals surface area (Å²) in [5.74, 6) is 0.673. The van der Waals surface area contributed by atoms with Crippen LogP contribution in [0, 0.1) is 0 Å². The van der Waals surface area contributed by atoms with Gasteiger partial charge < -0.3 is 9.72 Å². The molecule has 2 aromatic rings. The largest absolute Gasteiger partial charge is 0.497 e. The number of nitrogens with one attached hydrogen (secondary N) is 1.